The maximum absolute atomic E-state index is 5.74. The molecule has 1 aromatic rings. The van der Waals surface area contributed by atoms with Crippen LogP contribution in [0.5, 0.6) is 0 Å². The third-order valence-corrected chi connectivity index (χ3v) is 3.22. The first-order chi connectivity index (χ1) is 7.70. The van der Waals surface area contributed by atoms with Crippen molar-refractivity contribution in [1.82, 2.24) is 15.2 Å². The lowest BCUT2D eigenvalue weighted by Crippen LogP contribution is -2.27. The highest BCUT2D eigenvalue weighted by molar-refractivity contribution is 5.02. The van der Waals surface area contributed by atoms with E-state index in [0.29, 0.717) is 12.0 Å². The van der Waals surface area contributed by atoms with E-state index in [9.17, 15) is 0 Å². The Kier molecular flexibility index (Phi) is 3.61. The van der Waals surface area contributed by atoms with Gasteiger partial charge in [0.05, 0.1) is 12.7 Å². The first-order valence-corrected chi connectivity index (χ1v) is 6.04. The number of hydrogen-bond donors (Lipinski definition) is 1. The molecule has 0 saturated carbocycles. The molecular weight excluding hydrogens is 202 g/mol. The van der Waals surface area contributed by atoms with Gasteiger partial charge in [-0.25, -0.2) is 4.98 Å². The molecule has 2 heterocycles. The molecule has 1 aromatic heterocycles. The van der Waals surface area contributed by atoms with Crippen LogP contribution in [0.25, 0.3) is 0 Å². The van der Waals surface area contributed by atoms with Crippen LogP contribution in [0.2, 0.25) is 0 Å². The molecule has 2 rings (SSSR count). The minimum absolute atomic E-state index is 0.480. The Labute approximate surface area is 97.0 Å². The molecule has 1 atom stereocenters. The molecule has 0 radical (unpaired) electrons. The van der Waals surface area contributed by atoms with Gasteiger partial charge in [0, 0.05) is 18.5 Å². The van der Waals surface area contributed by atoms with Crippen molar-refractivity contribution >= 4 is 0 Å². The van der Waals surface area contributed by atoms with Crippen molar-refractivity contribution in [3.8, 4) is 0 Å². The third-order valence-electron chi connectivity index (χ3n) is 3.22. The van der Waals surface area contributed by atoms with Crippen LogP contribution in [-0.2, 0) is 6.54 Å². The van der Waals surface area contributed by atoms with Gasteiger partial charge < -0.3 is 14.6 Å². The number of aromatic nitrogens is 1. The summed E-state index contributed by atoms with van der Waals surface area (Å²) in [5.41, 5.74) is 0. The van der Waals surface area contributed by atoms with E-state index >= 15 is 0 Å². The lowest BCUT2D eigenvalue weighted by Gasteiger charge is -2.19. The number of hydrogen-bond acceptors (Lipinski definition) is 4. The molecule has 0 bridgehead atoms. The topological polar surface area (TPSA) is 41.3 Å². The molecule has 0 aliphatic carbocycles. The van der Waals surface area contributed by atoms with E-state index in [2.05, 4.69) is 29.0 Å². The van der Waals surface area contributed by atoms with Crippen molar-refractivity contribution in [1.29, 1.82) is 0 Å². The molecule has 0 aromatic carbocycles. The Balaban J connectivity index is 1.97. The molecule has 1 fully saturated rings. The molecule has 1 saturated heterocycles. The number of oxazole rings is 1. The summed E-state index contributed by atoms with van der Waals surface area (Å²) in [6.45, 7) is 7.48. The van der Waals surface area contributed by atoms with Gasteiger partial charge in [0.2, 0.25) is 0 Å². The molecule has 90 valence electrons. The van der Waals surface area contributed by atoms with Crippen LogP contribution < -0.4 is 5.32 Å². The number of nitrogens with zero attached hydrogens (tertiary/aromatic N) is 2. The summed E-state index contributed by atoms with van der Waals surface area (Å²) in [6, 6.07) is 0.622. The first-order valence-electron chi connectivity index (χ1n) is 6.04. The van der Waals surface area contributed by atoms with Gasteiger partial charge in [-0.15, -0.1) is 0 Å². The van der Waals surface area contributed by atoms with Gasteiger partial charge in [0.15, 0.2) is 5.89 Å². The predicted molar refractivity (Wildman–Crippen MR) is 63.3 cm³/mol. The third kappa shape index (κ3) is 2.44. The summed E-state index contributed by atoms with van der Waals surface area (Å²) in [5, 5.41) is 3.07. The van der Waals surface area contributed by atoms with Crippen molar-refractivity contribution in [2.45, 2.75) is 38.8 Å². The Bertz CT molecular complexity index is 335. The fourth-order valence-electron chi connectivity index (χ4n) is 2.23. The van der Waals surface area contributed by atoms with E-state index in [4.69, 9.17) is 4.42 Å². The normalized spacial score (nSPS) is 22.1. The largest absolute Gasteiger partial charge is 0.444 e. The molecule has 1 aliphatic heterocycles. The Morgan fingerprint density at radius 3 is 3.06 bits per heavy atom. The summed E-state index contributed by atoms with van der Waals surface area (Å²) < 4.78 is 5.74. The van der Waals surface area contributed by atoms with E-state index in [1.165, 1.54) is 0 Å². The molecular formula is C12H21N3O. The fraction of sp³-hybridized carbons (Fsp3) is 0.750. The van der Waals surface area contributed by atoms with Crippen molar-refractivity contribution in [2.24, 2.45) is 0 Å². The zero-order valence-electron chi connectivity index (χ0n) is 10.4. The number of likely N-dealkylation sites (tertiary alicyclic amines) is 1. The van der Waals surface area contributed by atoms with Crippen LogP contribution in [0.3, 0.4) is 0 Å². The minimum Gasteiger partial charge on any atom is -0.444 e. The van der Waals surface area contributed by atoms with E-state index in [1.54, 1.807) is 0 Å². The van der Waals surface area contributed by atoms with Gasteiger partial charge in [-0.2, -0.15) is 0 Å². The average molecular weight is 223 g/mol. The smallest absolute Gasteiger partial charge is 0.198 e. The lowest BCUT2D eigenvalue weighted by molar-refractivity contribution is 0.268. The predicted octanol–water partition coefficient (Wildman–Crippen LogP) is 1.59. The van der Waals surface area contributed by atoms with Gasteiger partial charge in [-0.1, -0.05) is 0 Å². The minimum atomic E-state index is 0.480. The summed E-state index contributed by atoms with van der Waals surface area (Å²) in [4.78, 5) is 6.86. The summed E-state index contributed by atoms with van der Waals surface area (Å²) in [5.74, 6) is 2.32. The highest BCUT2D eigenvalue weighted by atomic mass is 16.4. The Morgan fingerprint density at radius 2 is 2.44 bits per heavy atom. The van der Waals surface area contributed by atoms with Crippen LogP contribution in [0, 0.1) is 0 Å². The molecule has 4 nitrogen and oxygen atoms in total. The number of nitrogens with one attached hydrogen (secondary N) is 1. The van der Waals surface area contributed by atoms with E-state index in [1.807, 2.05) is 13.2 Å². The Hall–Kier alpha value is -0.870. The SMILES string of the molecule is CNCc1cnc(C2CCN(C(C)C)C2)o1. The van der Waals surface area contributed by atoms with E-state index in [0.717, 1.165) is 37.7 Å². The van der Waals surface area contributed by atoms with Crippen LogP contribution in [0.4, 0.5) is 0 Å². The quantitative estimate of drug-likeness (QED) is 0.841. The van der Waals surface area contributed by atoms with Gasteiger partial charge >= 0.3 is 0 Å². The zero-order valence-corrected chi connectivity index (χ0v) is 10.4. The van der Waals surface area contributed by atoms with Gasteiger partial charge in [0.25, 0.3) is 0 Å². The van der Waals surface area contributed by atoms with Gasteiger partial charge in [0.1, 0.15) is 5.76 Å². The second-order valence-corrected chi connectivity index (χ2v) is 4.77. The van der Waals surface area contributed by atoms with Crippen molar-refractivity contribution in [3.63, 3.8) is 0 Å². The summed E-state index contributed by atoms with van der Waals surface area (Å²) in [7, 11) is 1.91. The highest BCUT2D eigenvalue weighted by Gasteiger charge is 2.28. The molecule has 1 aliphatic rings. The molecule has 1 N–H and O–H groups in total. The van der Waals surface area contributed by atoms with Crippen LogP contribution in [0.1, 0.15) is 37.8 Å². The lowest BCUT2D eigenvalue weighted by atomic mass is 10.1. The van der Waals surface area contributed by atoms with Crippen LogP contribution in [-0.4, -0.2) is 36.1 Å². The second-order valence-electron chi connectivity index (χ2n) is 4.77. The van der Waals surface area contributed by atoms with Crippen molar-refractivity contribution < 1.29 is 4.42 Å². The van der Waals surface area contributed by atoms with E-state index in [-0.39, 0.29) is 0 Å². The fourth-order valence-corrected chi connectivity index (χ4v) is 2.23. The monoisotopic (exact) mass is 223 g/mol. The average Bonchev–Trinajstić information content (AvgIpc) is 2.84. The van der Waals surface area contributed by atoms with Gasteiger partial charge in [-0.3, -0.25) is 0 Å². The van der Waals surface area contributed by atoms with Crippen LogP contribution in [0.15, 0.2) is 10.6 Å². The first kappa shape index (κ1) is 11.6. The highest BCUT2D eigenvalue weighted by Crippen LogP contribution is 2.27. The molecule has 16 heavy (non-hydrogen) atoms. The second kappa shape index (κ2) is 4.97. The molecule has 0 amide bonds. The van der Waals surface area contributed by atoms with Crippen LogP contribution >= 0.6 is 0 Å². The standard InChI is InChI=1S/C12H21N3O/c1-9(2)15-5-4-10(8-15)12-14-7-11(16-12)6-13-3/h7,9-10,13H,4-6,8H2,1-3H3. The number of rotatable bonds is 4. The zero-order chi connectivity index (χ0) is 11.5. The Morgan fingerprint density at radius 1 is 1.62 bits per heavy atom. The summed E-state index contributed by atoms with van der Waals surface area (Å²) >= 11 is 0. The molecule has 4 heteroatoms. The van der Waals surface area contributed by atoms with Gasteiger partial charge in [-0.05, 0) is 33.9 Å². The molecule has 0 spiro atoms. The summed E-state index contributed by atoms with van der Waals surface area (Å²) in [6.07, 6.45) is 3.00. The van der Waals surface area contributed by atoms with E-state index < -0.39 is 0 Å². The van der Waals surface area contributed by atoms with Crippen molar-refractivity contribution in [2.75, 3.05) is 20.1 Å². The van der Waals surface area contributed by atoms with Crippen molar-refractivity contribution in [3.05, 3.63) is 17.8 Å². The maximum atomic E-state index is 5.74. The maximum Gasteiger partial charge on any atom is 0.198 e. The molecule has 1 unspecified atom stereocenters.